The Labute approximate surface area is 162 Å². The number of benzene rings is 1. The third kappa shape index (κ3) is 5.04. The topological polar surface area (TPSA) is 84.7 Å². The smallest absolute Gasteiger partial charge is 0.224 e. The summed E-state index contributed by atoms with van der Waals surface area (Å²) in [4.78, 5) is 12.0. The molecule has 0 bridgehead atoms. The van der Waals surface area contributed by atoms with Crippen LogP contribution < -0.4 is 10.6 Å². The van der Waals surface area contributed by atoms with Crippen molar-refractivity contribution in [3.8, 4) is 5.82 Å². The molecule has 3 aromatic rings. The maximum Gasteiger partial charge on any atom is 0.224 e. The highest BCUT2D eigenvalue weighted by atomic mass is 35.5. The zero-order valence-corrected chi connectivity index (χ0v) is 16.0. The summed E-state index contributed by atoms with van der Waals surface area (Å²) < 4.78 is 1.75. The van der Waals surface area contributed by atoms with Gasteiger partial charge in [-0.05, 0) is 43.7 Å². The van der Waals surface area contributed by atoms with Gasteiger partial charge in [-0.25, -0.2) is 4.68 Å². The number of hydrogen-bond acceptors (Lipinski definition) is 5. The molecule has 7 nitrogen and oxygen atoms in total. The van der Waals surface area contributed by atoms with Crippen molar-refractivity contribution in [3.05, 3.63) is 64.4 Å². The molecule has 0 aliphatic rings. The molecule has 8 heteroatoms. The number of carbonyl (C=O) groups is 1. The molecule has 2 heterocycles. The van der Waals surface area contributed by atoms with Crippen LogP contribution in [0, 0.1) is 13.8 Å². The normalized spacial score (nSPS) is 10.6. The standard InChI is InChI=1S/C19H21ClN6O/c1-13-11-14(2)26(25-13)18-8-7-17(23-24-18)21-9-10-22-19(27)12-15-5-3-4-6-16(15)20/h3-8,11H,9-10,12H2,1-2H3,(H,21,23)(H,22,27). The van der Waals surface area contributed by atoms with Crippen LogP contribution in [0.5, 0.6) is 0 Å². The molecule has 0 aliphatic carbocycles. The second-order valence-corrected chi connectivity index (χ2v) is 6.57. The maximum absolute atomic E-state index is 12.0. The molecule has 0 spiro atoms. The van der Waals surface area contributed by atoms with E-state index in [9.17, 15) is 4.79 Å². The van der Waals surface area contributed by atoms with Crippen molar-refractivity contribution in [2.75, 3.05) is 18.4 Å². The highest BCUT2D eigenvalue weighted by Gasteiger charge is 2.07. The molecule has 0 unspecified atom stereocenters. The van der Waals surface area contributed by atoms with E-state index < -0.39 is 0 Å². The fourth-order valence-electron chi connectivity index (χ4n) is 2.66. The fourth-order valence-corrected chi connectivity index (χ4v) is 2.87. The Balaban J connectivity index is 1.45. The van der Waals surface area contributed by atoms with Gasteiger partial charge >= 0.3 is 0 Å². The average Bonchev–Trinajstić information content (AvgIpc) is 2.99. The quantitative estimate of drug-likeness (QED) is 0.612. The minimum Gasteiger partial charge on any atom is -0.367 e. The predicted molar refractivity (Wildman–Crippen MR) is 105 cm³/mol. The largest absolute Gasteiger partial charge is 0.367 e. The number of nitrogens with zero attached hydrogens (tertiary/aromatic N) is 4. The minimum absolute atomic E-state index is 0.0733. The number of anilines is 1. The van der Waals surface area contributed by atoms with Crippen LogP contribution in [0.2, 0.25) is 5.02 Å². The number of nitrogens with one attached hydrogen (secondary N) is 2. The van der Waals surface area contributed by atoms with Gasteiger partial charge in [-0.3, -0.25) is 4.79 Å². The van der Waals surface area contributed by atoms with Crippen molar-refractivity contribution in [1.82, 2.24) is 25.3 Å². The van der Waals surface area contributed by atoms with Crippen molar-refractivity contribution in [2.45, 2.75) is 20.3 Å². The first-order valence-electron chi connectivity index (χ1n) is 8.64. The van der Waals surface area contributed by atoms with Gasteiger partial charge in [-0.2, -0.15) is 5.10 Å². The molecular formula is C19H21ClN6O. The first-order valence-corrected chi connectivity index (χ1v) is 9.02. The van der Waals surface area contributed by atoms with Crippen LogP contribution in [0.15, 0.2) is 42.5 Å². The lowest BCUT2D eigenvalue weighted by atomic mass is 10.1. The molecule has 2 aromatic heterocycles. The molecule has 1 amide bonds. The molecule has 0 saturated heterocycles. The third-order valence-corrected chi connectivity index (χ3v) is 4.31. The van der Waals surface area contributed by atoms with E-state index in [1.165, 1.54) is 0 Å². The number of amides is 1. The van der Waals surface area contributed by atoms with E-state index in [4.69, 9.17) is 11.6 Å². The van der Waals surface area contributed by atoms with Crippen LogP contribution in [-0.4, -0.2) is 39.0 Å². The summed E-state index contributed by atoms with van der Waals surface area (Å²) in [6, 6.07) is 13.0. The van der Waals surface area contributed by atoms with Gasteiger partial charge in [-0.15, -0.1) is 10.2 Å². The second-order valence-electron chi connectivity index (χ2n) is 6.16. The van der Waals surface area contributed by atoms with E-state index in [0.29, 0.717) is 29.7 Å². The fraction of sp³-hybridized carbons (Fsp3) is 0.263. The molecule has 140 valence electrons. The Morgan fingerprint density at radius 3 is 2.59 bits per heavy atom. The molecule has 2 N–H and O–H groups in total. The molecule has 0 aliphatic heterocycles. The van der Waals surface area contributed by atoms with E-state index in [2.05, 4.69) is 25.9 Å². The van der Waals surface area contributed by atoms with Crippen LogP contribution in [0.3, 0.4) is 0 Å². The van der Waals surface area contributed by atoms with Crippen LogP contribution >= 0.6 is 11.6 Å². The van der Waals surface area contributed by atoms with Gasteiger partial charge in [0.1, 0.15) is 5.82 Å². The molecule has 0 fully saturated rings. The molecular weight excluding hydrogens is 364 g/mol. The number of rotatable bonds is 7. The highest BCUT2D eigenvalue weighted by molar-refractivity contribution is 6.31. The molecule has 0 atom stereocenters. The van der Waals surface area contributed by atoms with Gasteiger partial charge in [-0.1, -0.05) is 29.8 Å². The summed E-state index contributed by atoms with van der Waals surface area (Å²) in [7, 11) is 0. The van der Waals surface area contributed by atoms with Crippen LogP contribution in [-0.2, 0) is 11.2 Å². The number of aromatic nitrogens is 4. The van der Waals surface area contributed by atoms with E-state index in [0.717, 1.165) is 17.0 Å². The Bertz CT molecular complexity index is 922. The predicted octanol–water partition coefficient (Wildman–Crippen LogP) is 2.70. The highest BCUT2D eigenvalue weighted by Crippen LogP contribution is 2.15. The zero-order chi connectivity index (χ0) is 19.2. The first-order chi connectivity index (χ1) is 13.0. The molecule has 0 radical (unpaired) electrons. The summed E-state index contributed by atoms with van der Waals surface area (Å²) in [6.07, 6.45) is 0.261. The monoisotopic (exact) mass is 384 g/mol. The van der Waals surface area contributed by atoms with E-state index in [-0.39, 0.29) is 12.3 Å². The van der Waals surface area contributed by atoms with Crippen molar-refractivity contribution < 1.29 is 4.79 Å². The van der Waals surface area contributed by atoms with Gasteiger partial charge in [0.2, 0.25) is 5.91 Å². The van der Waals surface area contributed by atoms with Crippen LogP contribution in [0.1, 0.15) is 17.0 Å². The molecule has 0 saturated carbocycles. The summed E-state index contributed by atoms with van der Waals surface area (Å²) in [5, 5.41) is 19.3. The van der Waals surface area contributed by atoms with Crippen molar-refractivity contribution in [3.63, 3.8) is 0 Å². The summed E-state index contributed by atoms with van der Waals surface area (Å²) in [5.41, 5.74) is 2.75. The average molecular weight is 385 g/mol. The van der Waals surface area contributed by atoms with Gasteiger partial charge in [0.15, 0.2) is 5.82 Å². The van der Waals surface area contributed by atoms with Crippen LogP contribution in [0.25, 0.3) is 5.82 Å². The van der Waals surface area contributed by atoms with Crippen molar-refractivity contribution >= 4 is 23.3 Å². The van der Waals surface area contributed by atoms with Gasteiger partial charge < -0.3 is 10.6 Å². The van der Waals surface area contributed by atoms with E-state index in [1.54, 1.807) is 10.7 Å². The lowest BCUT2D eigenvalue weighted by Crippen LogP contribution is -2.30. The van der Waals surface area contributed by atoms with E-state index in [1.807, 2.05) is 50.2 Å². The van der Waals surface area contributed by atoms with Crippen LogP contribution in [0.4, 0.5) is 5.82 Å². The molecule has 27 heavy (non-hydrogen) atoms. The summed E-state index contributed by atoms with van der Waals surface area (Å²) in [5.74, 6) is 1.23. The summed E-state index contributed by atoms with van der Waals surface area (Å²) in [6.45, 7) is 4.93. The number of aryl methyl sites for hydroxylation is 2. The number of carbonyl (C=O) groups excluding carboxylic acids is 1. The second kappa shape index (κ2) is 8.64. The van der Waals surface area contributed by atoms with Gasteiger partial charge in [0.05, 0.1) is 12.1 Å². The third-order valence-electron chi connectivity index (χ3n) is 3.94. The lowest BCUT2D eigenvalue weighted by Gasteiger charge is -2.08. The zero-order valence-electron chi connectivity index (χ0n) is 15.2. The van der Waals surface area contributed by atoms with Gasteiger partial charge in [0, 0.05) is 23.8 Å². The Morgan fingerprint density at radius 2 is 1.93 bits per heavy atom. The van der Waals surface area contributed by atoms with E-state index >= 15 is 0 Å². The maximum atomic E-state index is 12.0. The first kappa shape index (κ1) is 18.8. The van der Waals surface area contributed by atoms with Crippen molar-refractivity contribution in [2.24, 2.45) is 0 Å². The lowest BCUT2D eigenvalue weighted by molar-refractivity contribution is -0.120. The number of halogens is 1. The Kier molecular flexibility index (Phi) is 6.03. The van der Waals surface area contributed by atoms with Crippen molar-refractivity contribution in [1.29, 1.82) is 0 Å². The Morgan fingerprint density at radius 1 is 1.11 bits per heavy atom. The SMILES string of the molecule is Cc1cc(C)n(-c2ccc(NCCNC(=O)Cc3ccccc3Cl)nn2)n1. The number of hydrogen-bond donors (Lipinski definition) is 2. The summed E-state index contributed by atoms with van der Waals surface area (Å²) >= 11 is 6.06. The minimum atomic E-state index is -0.0733. The molecule has 3 rings (SSSR count). The molecule has 1 aromatic carbocycles. The van der Waals surface area contributed by atoms with Gasteiger partial charge in [0.25, 0.3) is 0 Å². The Hall–Kier alpha value is -2.93.